The maximum absolute atomic E-state index is 12.7. The van der Waals surface area contributed by atoms with Crippen molar-refractivity contribution < 1.29 is 18.0 Å². The number of hydrogen-bond donors (Lipinski definition) is 1. The lowest BCUT2D eigenvalue weighted by molar-refractivity contribution is -0.137. The first-order chi connectivity index (χ1) is 11.9. The molecule has 1 aromatic heterocycles. The molecule has 0 aliphatic heterocycles. The van der Waals surface area contributed by atoms with Gasteiger partial charge in [0.15, 0.2) is 0 Å². The van der Waals surface area contributed by atoms with Crippen molar-refractivity contribution in [3.8, 4) is 5.69 Å². The van der Waals surface area contributed by atoms with E-state index in [1.165, 1.54) is 18.5 Å². The molecule has 0 bridgehead atoms. The van der Waals surface area contributed by atoms with Crippen molar-refractivity contribution in [3.63, 3.8) is 0 Å². The van der Waals surface area contributed by atoms with E-state index in [4.69, 9.17) is 0 Å². The molecule has 1 N–H and O–H groups in total. The molecule has 1 amide bonds. The third-order valence-corrected chi connectivity index (χ3v) is 3.45. The van der Waals surface area contributed by atoms with Crippen LogP contribution in [0.5, 0.6) is 0 Å². The minimum Gasteiger partial charge on any atom is -0.326 e. The molecule has 0 saturated carbocycles. The highest BCUT2D eigenvalue weighted by Crippen LogP contribution is 2.29. The Bertz CT molecular complexity index is 858. The van der Waals surface area contributed by atoms with E-state index >= 15 is 0 Å². The maximum Gasteiger partial charge on any atom is 0.416 e. The van der Waals surface area contributed by atoms with Gasteiger partial charge in [-0.05, 0) is 35.9 Å². The van der Waals surface area contributed by atoms with Crippen LogP contribution in [-0.4, -0.2) is 20.7 Å². The fourth-order valence-corrected chi connectivity index (χ4v) is 2.29. The highest BCUT2D eigenvalue weighted by atomic mass is 19.4. The first-order valence-electron chi connectivity index (χ1n) is 7.33. The molecule has 0 spiro atoms. The van der Waals surface area contributed by atoms with Crippen molar-refractivity contribution in [2.45, 2.75) is 12.6 Å². The van der Waals surface area contributed by atoms with Crippen LogP contribution in [0.1, 0.15) is 11.1 Å². The number of anilines is 1. The van der Waals surface area contributed by atoms with Gasteiger partial charge in [0.1, 0.15) is 12.7 Å². The number of aromatic nitrogens is 3. The van der Waals surface area contributed by atoms with E-state index < -0.39 is 17.6 Å². The minimum absolute atomic E-state index is 0.144. The summed E-state index contributed by atoms with van der Waals surface area (Å²) in [7, 11) is 0. The fraction of sp³-hybridized carbons (Fsp3) is 0.118. The lowest BCUT2D eigenvalue weighted by atomic mass is 10.1. The molecule has 1 heterocycles. The molecule has 2 aromatic carbocycles. The molecule has 0 saturated heterocycles. The molecule has 0 unspecified atom stereocenters. The number of halogens is 3. The van der Waals surface area contributed by atoms with Gasteiger partial charge in [-0.1, -0.05) is 18.2 Å². The van der Waals surface area contributed by atoms with Gasteiger partial charge in [-0.2, -0.15) is 18.3 Å². The van der Waals surface area contributed by atoms with Crippen molar-refractivity contribution >= 4 is 11.6 Å². The van der Waals surface area contributed by atoms with E-state index in [0.29, 0.717) is 11.3 Å². The van der Waals surface area contributed by atoms with Crippen LogP contribution in [-0.2, 0) is 17.4 Å². The molecule has 5 nitrogen and oxygen atoms in total. The summed E-state index contributed by atoms with van der Waals surface area (Å²) >= 11 is 0. The Morgan fingerprint density at radius 2 is 1.88 bits per heavy atom. The van der Waals surface area contributed by atoms with Crippen LogP contribution in [0.3, 0.4) is 0 Å². The molecule has 0 radical (unpaired) electrons. The Kier molecular flexibility index (Phi) is 4.51. The smallest absolute Gasteiger partial charge is 0.326 e. The molecule has 0 atom stereocenters. The number of nitrogens with zero attached hydrogens (tertiary/aromatic N) is 3. The van der Waals surface area contributed by atoms with Gasteiger partial charge in [-0.15, -0.1) is 0 Å². The zero-order chi connectivity index (χ0) is 17.9. The Morgan fingerprint density at radius 1 is 1.12 bits per heavy atom. The lowest BCUT2D eigenvalue weighted by Gasteiger charge is -2.09. The van der Waals surface area contributed by atoms with Crippen LogP contribution in [0.15, 0.2) is 61.2 Å². The minimum atomic E-state index is -4.43. The first-order valence-corrected chi connectivity index (χ1v) is 7.33. The van der Waals surface area contributed by atoms with Crippen molar-refractivity contribution in [1.82, 2.24) is 14.8 Å². The van der Waals surface area contributed by atoms with E-state index in [9.17, 15) is 18.0 Å². The third kappa shape index (κ3) is 4.23. The molecule has 25 heavy (non-hydrogen) atoms. The SMILES string of the molecule is O=C(Cc1cccc(C(F)(F)F)c1)Nc1ccc(-n2cncn2)cc1. The van der Waals surface area contributed by atoms with E-state index in [2.05, 4.69) is 15.4 Å². The number of benzene rings is 2. The molecule has 3 rings (SSSR count). The van der Waals surface area contributed by atoms with Crippen molar-refractivity contribution in [2.24, 2.45) is 0 Å². The summed E-state index contributed by atoms with van der Waals surface area (Å²) in [6, 6.07) is 11.6. The summed E-state index contributed by atoms with van der Waals surface area (Å²) in [6.45, 7) is 0. The Morgan fingerprint density at radius 3 is 2.52 bits per heavy atom. The van der Waals surface area contributed by atoms with E-state index in [0.717, 1.165) is 17.8 Å². The lowest BCUT2D eigenvalue weighted by Crippen LogP contribution is -2.15. The van der Waals surface area contributed by atoms with Gasteiger partial charge >= 0.3 is 6.18 Å². The van der Waals surface area contributed by atoms with Gasteiger partial charge in [-0.3, -0.25) is 4.79 Å². The monoisotopic (exact) mass is 346 g/mol. The number of carbonyl (C=O) groups is 1. The standard InChI is InChI=1S/C17H13F3N4O/c18-17(19,20)13-3-1-2-12(8-13)9-16(25)23-14-4-6-15(7-5-14)24-11-21-10-22-24/h1-8,10-11H,9H2,(H,23,25). The predicted octanol–water partition coefficient (Wildman–Crippen LogP) is 3.47. The molecule has 0 aliphatic carbocycles. The number of nitrogens with one attached hydrogen (secondary N) is 1. The van der Waals surface area contributed by atoms with Gasteiger partial charge < -0.3 is 5.32 Å². The van der Waals surface area contributed by atoms with Crippen molar-refractivity contribution in [3.05, 3.63) is 72.3 Å². The number of rotatable bonds is 4. The molecule has 0 fully saturated rings. The van der Waals surface area contributed by atoms with Gasteiger partial charge in [0.25, 0.3) is 0 Å². The molecular formula is C17H13F3N4O. The summed E-state index contributed by atoms with van der Waals surface area (Å²) in [5.41, 5.74) is 0.843. The van der Waals surface area contributed by atoms with E-state index in [1.807, 2.05) is 0 Å². The average Bonchev–Trinajstić information content (AvgIpc) is 3.09. The summed E-state index contributed by atoms with van der Waals surface area (Å²) in [5, 5.41) is 6.64. The number of amides is 1. The molecule has 0 aliphatic rings. The van der Waals surface area contributed by atoms with Crippen LogP contribution < -0.4 is 5.32 Å². The Balaban J connectivity index is 1.65. The second kappa shape index (κ2) is 6.76. The quantitative estimate of drug-likeness (QED) is 0.787. The molecule has 3 aromatic rings. The number of carbonyl (C=O) groups excluding carboxylic acids is 1. The van der Waals surface area contributed by atoms with Gasteiger partial charge in [0, 0.05) is 5.69 Å². The summed E-state index contributed by atoms with van der Waals surface area (Å²) in [4.78, 5) is 15.9. The van der Waals surface area contributed by atoms with Gasteiger partial charge in [0.2, 0.25) is 5.91 Å². The maximum atomic E-state index is 12.7. The summed E-state index contributed by atoms with van der Waals surface area (Å²) in [6.07, 6.45) is -1.62. The Hall–Kier alpha value is -3.16. The molecular weight excluding hydrogens is 333 g/mol. The van der Waals surface area contributed by atoms with Gasteiger partial charge in [0.05, 0.1) is 17.7 Å². The van der Waals surface area contributed by atoms with Crippen LogP contribution in [0.2, 0.25) is 0 Å². The van der Waals surface area contributed by atoms with Crippen LogP contribution in [0.25, 0.3) is 5.69 Å². The van der Waals surface area contributed by atoms with Crippen LogP contribution in [0, 0.1) is 0 Å². The first kappa shape index (κ1) is 16.7. The second-order valence-corrected chi connectivity index (χ2v) is 5.31. The average molecular weight is 346 g/mol. The number of alkyl halides is 3. The summed E-state index contributed by atoms with van der Waals surface area (Å²) in [5.74, 6) is -0.396. The second-order valence-electron chi connectivity index (χ2n) is 5.31. The fourth-order valence-electron chi connectivity index (χ4n) is 2.29. The van der Waals surface area contributed by atoms with E-state index in [-0.39, 0.29) is 6.42 Å². The number of hydrogen-bond acceptors (Lipinski definition) is 3. The van der Waals surface area contributed by atoms with E-state index in [1.54, 1.807) is 35.3 Å². The third-order valence-electron chi connectivity index (χ3n) is 3.45. The highest BCUT2D eigenvalue weighted by Gasteiger charge is 2.30. The molecule has 128 valence electrons. The summed E-state index contributed by atoms with van der Waals surface area (Å²) < 4.78 is 39.6. The molecule has 8 heteroatoms. The van der Waals surface area contributed by atoms with Crippen molar-refractivity contribution in [2.75, 3.05) is 5.32 Å². The zero-order valence-electron chi connectivity index (χ0n) is 12.9. The Labute approximate surface area is 141 Å². The van der Waals surface area contributed by atoms with Gasteiger partial charge in [-0.25, -0.2) is 9.67 Å². The van der Waals surface area contributed by atoms with Crippen LogP contribution in [0.4, 0.5) is 18.9 Å². The van der Waals surface area contributed by atoms with Crippen LogP contribution >= 0.6 is 0 Å². The van der Waals surface area contributed by atoms with Crippen molar-refractivity contribution in [1.29, 1.82) is 0 Å². The normalized spacial score (nSPS) is 11.3. The highest BCUT2D eigenvalue weighted by molar-refractivity contribution is 5.92. The largest absolute Gasteiger partial charge is 0.416 e. The predicted molar refractivity (Wildman–Crippen MR) is 85.1 cm³/mol. The zero-order valence-corrected chi connectivity index (χ0v) is 12.9. The topological polar surface area (TPSA) is 59.8 Å².